The Hall–Kier alpha value is -0.200. The predicted molar refractivity (Wildman–Crippen MR) is 73.9 cm³/mol. The Morgan fingerprint density at radius 2 is 2.28 bits per heavy atom. The van der Waals surface area contributed by atoms with Crippen LogP contribution in [0.25, 0.3) is 0 Å². The third-order valence-corrected chi connectivity index (χ3v) is 3.38. The summed E-state index contributed by atoms with van der Waals surface area (Å²) in [4.78, 5) is 4.65. The Labute approximate surface area is 111 Å². The van der Waals surface area contributed by atoms with Crippen LogP contribution < -0.4 is 5.32 Å². The van der Waals surface area contributed by atoms with Crippen molar-refractivity contribution in [2.45, 2.75) is 25.0 Å². The summed E-state index contributed by atoms with van der Waals surface area (Å²) in [5.41, 5.74) is 0. The van der Waals surface area contributed by atoms with E-state index in [2.05, 4.69) is 29.2 Å². The van der Waals surface area contributed by atoms with Crippen molar-refractivity contribution in [1.29, 1.82) is 0 Å². The molecule has 0 aromatic rings. The van der Waals surface area contributed by atoms with Crippen molar-refractivity contribution in [2.75, 3.05) is 60.5 Å². The minimum absolute atomic E-state index is 0.287. The molecule has 5 nitrogen and oxygen atoms in total. The SMILES string of the molecule is COCCNCC(O)CN1CCCC1CN(C)C. The Morgan fingerprint density at radius 3 is 2.94 bits per heavy atom. The molecule has 0 bridgehead atoms. The highest BCUT2D eigenvalue weighted by Gasteiger charge is 2.26. The van der Waals surface area contributed by atoms with E-state index in [-0.39, 0.29) is 6.10 Å². The number of nitrogens with one attached hydrogen (secondary N) is 1. The Bertz CT molecular complexity index is 214. The maximum absolute atomic E-state index is 10.0. The monoisotopic (exact) mass is 259 g/mol. The number of likely N-dealkylation sites (tertiary alicyclic amines) is 1. The van der Waals surface area contributed by atoms with Crippen LogP contribution in [0.3, 0.4) is 0 Å². The second kappa shape index (κ2) is 8.82. The fraction of sp³-hybridized carbons (Fsp3) is 1.00. The predicted octanol–water partition coefficient (Wildman–Crippen LogP) is -0.391. The number of hydrogen-bond acceptors (Lipinski definition) is 5. The first-order valence-corrected chi connectivity index (χ1v) is 6.90. The van der Waals surface area contributed by atoms with Gasteiger partial charge in [-0.25, -0.2) is 0 Å². The third kappa shape index (κ3) is 6.11. The molecule has 0 spiro atoms. The van der Waals surface area contributed by atoms with Crippen molar-refractivity contribution in [3.63, 3.8) is 0 Å². The number of aliphatic hydroxyl groups is 1. The fourth-order valence-electron chi connectivity index (χ4n) is 2.54. The van der Waals surface area contributed by atoms with Gasteiger partial charge in [-0.05, 0) is 33.5 Å². The molecule has 1 saturated heterocycles. The molecule has 1 rings (SSSR count). The summed E-state index contributed by atoms with van der Waals surface area (Å²) in [5, 5.41) is 13.2. The number of hydrogen-bond donors (Lipinski definition) is 2. The molecule has 1 aliphatic heterocycles. The summed E-state index contributed by atoms with van der Waals surface area (Å²) >= 11 is 0. The van der Waals surface area contributed by atoms with Crippen molar-refractivity contribution in [3.8, 4) is 0 Å². The van der Waals surface area contributed by atoms with Gasteiger partial charge in [-0.2, -0.15) is 0 Å². The van der Waals surface area contributed by atoms with Crippen molar-refractivity contribution < 1.29 is 9.84 Å². The van der Waals surface area contributed by atoms with Gasteiger partial charge >= 0.3 is 0 Å². The highest BCUT2D eigenvalue weighted by atomic mass is 16.5. The minimum Gasteiger partial charge on any atom is -0.390 e. The maximum Gasteiger partial charge on any atom is 0.0791 e. The molecule has 0 amide bonds. The normalized spacial score (nSPS) is 22.8. The number of nitrogens with zero attached hydrogens (tertiary/aromatic N) is 2. The van der Waals surface area contributed by atoms with Crippen molar-refractivity contribution in [3.05, 3.63) is 0 Å². The highest BCUT2D eigenvalue weighted by Crippen LogP contribution is 2.17. The lowest BCUT2D eigenvalue weighted by atomic mass is 10.2. The van der Waals surface area contributed by atoms with E-state index in [9.17, 15) is 5.11 Å². The summed E-state index contributed by atoms with van der Waals surface area (Å²) in [5.74, 6) is 0. The number of methoxy groups -OCH3 is 1. The summed E-state index contributed by atoms with van der Waals surface area (Å²) in [6.45, 7) is 5.12. The van der Waals surface area contributed by atoms with Crippen LogP contribution in [0.15, 0.2) is 0 Å². The average molecular weight is 259 g/mol. The van der Waals surface area contributed by atoms with Gasteiger partial charge in [-0.1, -0.05) is 0 Å². The van der Waals surface area contributed by atoms with Gasteiger partial charge in [-0.3, -0.25) is 4.90 Å². The van der Waals surface area contributed by atoms with Crippen LogP contribution in [0.4, 0.5) is 0 Å². The molecule has 2 unspecified atom stereocenters. The lowest BCUT2D eigenvalue weighted by Gasteiger charge is -2.28. The lowest BCUT2D eigenvalue weighted by molar-refractivity contribution is 0.0949. The van der Waals surface area contributed by atoms with Gasteiger partial charge in [0.15, 0.2) is 0 Å². The zero-order valence-electron chi connectivity index (χ0n) is 12.1. The van der Waals surface area contributed by atoms with Crippen LogP contribution in [-0.4, -0.2) is 87.6 Å². The average Bonchev–Trinajstić information content (AvgIpc) is 2.71. The largest absolute Gasteiger partial charge is 0.390 e. The molecule has 5 heteroatoms. The summed E-state index contributed by atoms with van der Waals surface area (Å²) in [7, 11) is 5.91. The zero-order valence-corrected chi connectivity index (χ0v) is 12.1. The Balaban J connectivity index is 2.19. The van der Waals surface area contributed by atoms with Crippen LogP contribution in [-0.2, 0) is 4.74 Å². The van der Waals surface area contributed by atoms with Crippen molar-refractivity contribution in [1.82, 2.24) is 15.1 Å². The van der Waals surface area contributed by atoms with Crippen LogP contribution >= 0.6 is 0 Å². The molecule has 1 fully saturated rings. The summed E-state index contributed by atoms with van der Waals surface area (Å²) in [6.07, 6.45) is 2.22. The molecule has 2 atom stereocenters. The topological polar surface area (TPSA) is 48.0 Å². The second-order valence-corrected chi connectivity index (χ2v) is 5.40. The van der Waals surface area contributed by atoms with E-state index in [1.165, 1.54) is 12.8 Å². The smallest absolute Gasteiger partial charge is 0.0791 e. The summed E-state index contributed by atoms with van der Waals surface area (Å²) in [6, 6.07) is 0.605. The van der Waals surface area contributed by atoms with Crippen LogP contribution in [0, 0.1) is 0 Å². The molecule has 2 N–H and O–H groups in total. The molecular weight excluding hydrogens is 230 g/mol. The number of ether oxygens (including phenoxy) is 1. The van der Waals surface area contributed by atoms with Gasteiger partial charge in [0.2, 0.25) is 0 Å². The highest BCUT2D eigenvalue weighted by molar-refractivity contribution is 4.82. The molecule has 1 heterocycles. The molecule has 0 saturated carbocycles. The van der Waals surface area contributed by atoms with E-state index in [1.807, 2.05) is 0 Å². The van der Waals surface area contributed by atoms with Crippen molar-refractivity contribution >= 4 is 0 Å². The fourth-order valence-corrected chi connectivity index (χ4v) is 2.54. The first-order valence-electron chi connectivity index (χ1n) is 6.90. The molecule has 108 valence electrons. The minimum atomic E-state index is -0.287. The van der Waals surface area contributed by atoms with Crippen LogP contribution in [0.1, 0.15) is 12.8 Å². The number of β-amino-alcohol motifs (C(OH)–C–C–N with tert-alkyl or cyclic N) is 1. The maximum atomic E-state index is 10.0. The molecular formula is C13H29N3O2. The van der Waals surface area contributed by atoms with Crippen LogP contribution in [0.5, 0.6) is 0 Å². The van der Waals surface area contributed by atoms with E-state index in [1.54, 1.807) is 7.11 Å². The van der Waals surface area contributed by atoms with E-state index >= 15 is 0 Å². The molecule has 0 aliphatic carbocycles. The molecule has 0 aromatic carbocycles. The van der Waals surface area contributed by atoms with Gasteiger partial charge in [0.1, 0.15) is 0 Å². The van der Waals surface area contributed by atoms with E-state index in [0.29, 0.717) is 19.2 Å². The first kappa shape index (κ1) is 15.9. The van der Waals surface area contributed by atoms with Crippen molar-refractivity contribution in [2.24, 2.45) is 0 Å². The second-order valence-electron chi connectivity index (χ2n) is 5.40. The quantitative estimate of drug-likeness (QED) is 0.552. The van der Waals surface area contributed by atoms with Crippen LogP contribution in [0.2, 0.25) is 0 Å². The molecule has 0 aromatic heterocycles. The lowest BCUT2D eigenvalue weighted by Crippen LogP contribution is -2.44. The Morgan fingerprint density at radius 1 is 1.50 bits per heavy atom. The van der Waals surface area contributed by atoms with E-state index < -0.39 is 0 Å². The number of rotatable bonds is 9. The van der Waals surface area contributed by atoms with Gasteiger partial charge in [0.05, 0.1) is 12.7 Å². The number of aliphatic hydroxyl groups excluding tert-OH is 1. The van der Waals surface area contributed by atoms with Gasteiger partial charge < -0.3 is 20.1 Å². The Kier molecular flexibility index (Phi) is 7.77. The summed E-state index contributed by atoms with van der Waals surface area (Å²) < 4.78 is 4.96. The molecule has 0 radical (unpaired) electrons. The third-order valence-electron chi connectivity index (χ3n) is 3.38. The van der Waals surface area contributed by atoms with Gasteiger partial charge in [-0.15, -0.1) is 0 Å². The van der Waals surface area contributed by atoms with Gasteiger partial charge in [0.25, 0.3) is 0 Å². The van der Waals surface area contributed by atoms with Gasteiger partial charge in [0, 0.05) is 39.3 Å². The standard InChI is InChI=1S/C13H29N3O2/c1-15(2)10-12-5-4-7-16(12)11-13(17)9-14-6-8-18-3/h12-14,17H,4-11H2,1-3H3. The van der Waals surface area contributed by atoms with E-state index in [0.717, 1.165) is 26.2 Å². The van der Waals surface area contributed by atoms with E-state index in [4.69, 9.17) is 4.74 Å². The molecule has 18 heavy (non-hydrogen) atoms. The molecule has 1 aliphatic rings. The first-order chi connectivity index (χ1) is 8.63. The number of likely N-dealkylation sites (N-methyl/N-ethyl adjacent to an activating group) is 1. The zero-order chi connectivity index (χ0) is 13.4.